The van der Waals surface area contributed by atoms with Crippen LogP contribution in [0.15, 0.2) is 0 Å². The third-order valence-electron chi connectivity index (χ3n) is 2.84. The molecule has 0 aromatic heterocycles. The van der Waals surface area contributed by atoms with E-state index >= 15 is 0 Å². The topological polar surface area (TPSA) is 92.7 Å². The lowest BCUT2D eigenvalue weighted by Crippen LogP contribution is -2.34. The highest BCUT2D eigenvalue weighted by atomic mass is 32.2. The second-order valence-corrected chi connectivity index (χ2v) is 7.34. The van der Waals surface area contributed by atoms with Crippen molar-refractivity contribution in [3.63, 3.8) is 0 Å². The van der Waals surface area contributed by atoms with Gasteiger partial charge in [-0.1, -0.05) is 44.4 Å². The number of ether oxygens (including phenoxy) is 1. The van der Waals surface area contributed by atoms with Crippen LogP contribution in [0.2, 0.25) is 0 Å². The maximum absolute atomic E-state index is 11.6. The maximum Gasteiger partial charge on any atom is 0.377 e. The fourth-order valence-electron chi connectivity index (χ4n) is 1.69. The number of hydrogen-bond donors (Lipinski definition) is 0. The molecule has 2 unspecified atom stereocenters. The summed E-state index contributed by atoms with van der Waals surface area (Å²) in [7, 11) is -4.50. The van der Waals surface area contributed by atoms with E-state index in [1.807, 2.05) is 0 Å². The number of unbranched alkanes of at least 4 members (excludes halogenated alkanes) is 4. The molecule has 1 fully saturated rings. The predicted molar refractivity (Wildman–Crippen MR) is 74.7 cm³/mol. The molecule has 6 nitrogen and oxygen atoms in total. The molecule has 0 radical (unpaired) electrons. The van der Waals surface area contributed by atoms with Crippen molar-refractivity contribution < 1.29 is 28.3 Å². The molecule has 0 saturated carbocycles. The van der Waals surface area contributed by atoms with Gasteiger partial charge in [0, 0.05) is 12.2 Å². The Labute approximate surface area is 123 Å². The molecule has 0 bridgehead atoms. The Morgan fingerprint density at radius 1 is 1.40 bits per heavy atom. The second-order valence-electron chi connectivity index (χ2n) is 4.65. The Morgan fingerprint density at radius 2 is 2.10 bits per heavy atom. The molecule has 116 valence electrons. The summed E-state index contributed by atoms with van der Waals surface area (Å²) in [5, 5.41) is 0.0356. The molecule has 0 aromatic carbocycles. The van der Waals surface area contributed by atoms with Gasteiger partial charge >= 0.3 is 5.71 Å². The van der Waals surface area contributed by atoms with Gasteiger partial charge in [0.05, 0.1) is 6.61 Å². The molecule has 0 N–H and O–H groups in total. The lowest BCUT2D eigenvalue weighted by atomic mass is 10.1. The van der Waals surface area contributed by atoms with E-state index in [1.165, 1.54) is 12.8 Å². The summed E-state index contributed by atoms with van der Waals surface area (Å²) < 4.78 is 20.1. The number of rotatable bonds is 8. The summed E-state index contributed by atoms with van der Waals surface area (Å²) in [5.41, 5.74) is -1.35. The zero-order valence-corrected chi connectivity index (χ0v) is 13.3. The number of carbonyl (C=O) groups is 2. The van der Waals surface area contributed by atoms with Gasteiger partial charge < -0.3 is 14.2 Å². The van der Waals surface area contributed by atoms with Crippen LogP contribution in [0.1, 0.15) is 45.4 Å². The molecule has 20 heavy (non-hydrogen) atoms. The van der Waals surface area contributed by atoms with Gasteiger partial charge in [-0.15, -0.1) is 0 Å². The van der Waals surface area contributed by atoms with Crippen LogP contribution in [0.5, 0.6) is 0 Å². The Hall–Kier alpha value is -0.360. The smallest absolute Gasteiger partial charge is 0.377 e. The minimum atomic E-state index is -4.50. The summed E-state index contributed by atoms with van der Waals surface area (Å²) in [6.07, 6.45) is 5.22. The summed E-state index contributed by atoms with van der Waals surface area (Å²) in [4.78, 5) is 33.6. The number of cyclic esters (lactones) is 1. The normalized spacial score (nSPS) is 26.3. The van der Waals surface area contributed by atoms with Crippen LogP contribution in [0.25, 0.3) is 0 Å². The van der Waals surface area contributed by atoms with E-state index in [4.69, 9.17) is 4.74 Å². The molecular weight excluding hydrogens is 303 g/mol. The van der Waals surface area contributed by atoms with Gasteiger partial charge in [-0.2, -0.15) is 0 Å². The first-order valence-electron chi connectivity index (χ1n) is 6.78. The highest BCUT2D eigenvalue weighted by Crippen LogP contribution is 2.43. The molecule has 1 aliphatic heterocycles. The molecule has 0 amide bonds. The first kappa shape index (κ1) is 17.7. The molecule has 1 heterocycles. The standard InChI is InChI=1S/C12H21O6PS/c1-2-3-4-5-6-7-11(13)20-9-10-8-17-19(15,16)12(14)18-10/h10H,2-9H2,1H3,(H,15,16)/p-1. The molecule has 1 rings (SSSR count). The summed E-state index contributed by atoms with van der Waals surface area (Å²) in [6, 6.07) is 0. The maximum atomic E-state index is 11.6. The lowest BCUT2D eigenvalue weighted by Gasteiger charge is -2.30. The number of thioether (sulfide) groups is 1. The van der Waals surface area contributed by atoms with Crippen LogP contribution in [0.4, 0.5) is 4.79 Å². The van der Waals surface area contributed by atoms with Crippen LogP contribution in [-0.2, 0) is 18.6 Å². The monoisotopic (exact) mass is 323 g/mol. The van der Waals surface area contributed by atoms with Gasteiger partial charge in [-0.25, -0.2) is 4.79 Å². The van der Waals surface area contributed by atoms with Crippen LogP contribution < -0.4 is 4.89 Å². The minimum Gasteiger partial charge on any atom is -0.770 e. The van der Waals surface area contributed by atoms with Gasteiger partial charge in [-0.05, 0) is 6.42 Å². The van der Waals surface area contributed by atoms with Crippen molar-refractivity contribution in [2.75, 3.05) is 12.4 Å². The molecule has 1 saturated heterocycles. The van der Waals surface area contributed by atoms with Crippen LogP contribution in [-0.4, -0.2) is 29.3 Å². The van der Waals surface area contributed by atoms with Crippen molar-refractivity contribution in [3.05, 3.63) is 0 Å². The zero-order valence-electron chi connectivity index (χ0n) is 11.5. The fraction of sp³-hybridized carbons (Fsp3) is 0.833. The first-order valence-corrected chi connectivity index (χ1v) is 9.31. The van der Waals surface area contributed by atoms with Crippen molar-refractivity contribution >= 4 is 30.2 Å². The zero-order chi connectivity index (χ0) is 15.0. The van der Waals surface area contributed by atoms with E-state index in [-0.39, 0.29) is 17.5 Å². The Morgan fingerprint density at radius 3 is 2.75 bits per heavy atom. The largest absolute Gasteiger partial charge is 0.770 e. The minimum absolute atomic E-state index is 0.0356. The first-order chi connectivity index (χ1) is 9.45. The third-order valence-corrected chi connectivity index (χ3v) is 4.94. The van der Waals surface area contributed by atoms with E-state index < -0.39 is 19.4 Å². The highest BCUT2D eigenvalue weighted by molar-refractivity contribution is 8.13. The van der Waals surface area contributed by atoms with E-state index in [2.05, 4.69) is 11.4 Å². The second kappa shape index (κ2) is 8.82. The quantitative estimate of drug-likeness (QED) is 0.501. The van der Waals surface area contributed by atoms with E-state index in [9.17, 15) is 19.0 Å². The van der Waals surface area contributed by atoms with Gasteiger partial charge in [0.15, 0.2) is 5.12 Å². The van der Waals surface area contributed by atoms with E-state index in [0.717, 1.165) is 31.0 Å². The summed E-state index contributed by atoms with van der Waals surface area (Å²) in [5.74, 6) is 0.236. The van der Waals surface area contributed by atoms with Crippen molar-refractivity contribution in [3.8, 4) is 0 Å². The van der Waals surface area contributed by atoms with Gasteiger partial charge in [0.25, 0.3) is 0 Å². The van der Waals surface area contributed by atoms with Gasteiger partial charge in [-0.3, -0.25) is 9.36 Å². The number of carbonyl (C=O) groups excluding carboxylic acids is 2. The van der Waals surface area contributed by atoms with Crippen molar-refractivity contribution in [2.24, 2.45) is 0 Å². The molecule has 2 atom stereocenters. The summed E-state index contributed by atoms with van der Waals surface area (Å²) in [6.45, 7) is 1.93. The predicted octanol–water partition coefficient (Wildman–Crippen LogP) is 2.70. The van der Waals surface area contributed by atoms with Gasteiger partial charge in [0.2, 0.25) is 7.60 Å². The molecule has 8 heteroatoms. The molecular formula is C12H20O6PS-. The van der Waals surface area contributed by atoms with Crippen molar-refractivity contribution in [1.29, 1.82) is 0 Å². The van der Waals surface area contributed by atoms with Crippen LogP contribution in [0, 0.1) is 0 Å². The van der Waals surface area contributed by atoms with Crippen molar-refractivity contribution in [1.82, 2.24) is 0 Å². The Balaban J connectivity index is 2.13. The molecule has 1 aliphatic rings. The molecule has 0 aromatic rings. The Bertz CT molecular complexity index is 386. The van der Waals surface area contributed by atoms with Crippen molar-refractivity contribution in [2.45, 2.75) is 51.6 Å². The fourth-order valence-corrected chi connectivity index (χ4v) is 3.26. The lowest BCUT2D eigenvalue weighted by molar-refractivity contribution is -0.202. The van der Waals surface area contributed by atoms with E-state index in [1.54, 1.807) is 0 Å². The van der Waals surface area contributed by atoms with Crippen LogP contribution >= 0.6 is 19.4 Å². The van der Waals surface area contributed by atoms with Crippen LogP contribution in [0.3, 0.4) is 0 Å². The summed E-state index contributed by atoms with van der Waals surface area (Å²) >= 11 is 1.06. The SMILES string of the molecule is CCCCCCCC(=O)SCC1COP(=O)([O-])C(=O)O1. The average Bonchev–Trinajstić information content (AvgIpc) is 2.40. The number of hydrogen-bond acceptors (Lipinski definition) is 7. The van der Waals surface area contributed by atoms with Gasteiger partial charge in [0.1, 0.15) is 6.10 Å². The Kier molecular flexibility index (Phi) is 7.80. The molecule has 0 aliphatic carbocycles. The average molecular weight is 323 g/mol. The third kappa shape index (κ3) is 6.39. The molecule has 0 spiro atoms. The van der Waals surface area contributed by atoms with E-state index in [0.29, 0.717) is 6.42 Å². The highest BCUT2D eigenvalue weighted by Gasteiger charge is 2.32.